The third-order valence-electron chi connectivity index (χ3n) is 2.85. The second kappa shape index (κ2) is 5.65. The highest BCUT2D eigenvalue weighted by atomic mass is 35.5. The number of anilines is 1. The van der Waals surface area contributed by atoms with Crippen LogP contribution in [0.2, 0.25) is 5.02 Å². The summed E-state index contributed by atoms with van der Waals surface area (Å²) in [5.41, 5.74) is 5.56. The fourth-order valence-electron chi connectivity index (χ4n) is 1.88. The van der Waals surface area contributed by atoms with Gasteiger partial charge in [0.2, 0.25) is 0 Å². The van der Waals surface area contributed by atoms with E-state index in [0.29, 0.717) is 13.0 Å². The molecule has 1 amide bonds. The van der Waals surface area contributed by atoms with E-state index < -0.39 is 11.9 Å². The van der Waals surface area contributed by atoms with Gasteiger partial charge in [-0.25, -0.2) is 4.39 Å². The molecule has 18 heavy (non-hydrogen) atoms. The molecule has 98 valence electrons. The first kappa shape index (κ1) is 13.3. The molecule has 1 aromatic carbocycles. The Morgan fingerprint density at radius 3 is 2.94 bits per heavy atom. The average Bonchev–Trinajstić information content (AvgIpc) is 2.81. The smallest absolute Gasteiger partial charge is 0.253 e. The summed E-state index contributed by atoms with van der Waals surface area (Å²) in [4.78, 5) is 11.8. The van der Waals surface area contributed by atoms with E-state index in [0.717, 1.165) is 12.5 Å². The summed E-state index contributed by atoms with van der Waals surface area (Å²) in [7, 11) is 0. The molecule has 1 aliphatic rings. The summed E-state index contributed by atoms with van der Waals surface area (Å²) >= 11 is 5.63. The third-order valence-corrected chi connectivity index (χ3v) is 3.09. The van der Waals surface area contributed by atoms with Gasteiger partial charge >= 0.3 is 0 Å². The van der Waals surface area contributed by atoms with Crippen molar-refractivity contribution in [3.05, 3.63) is 29.0 Å². The fourth-order valence-corrected chi connectivity index (χ4v) is 2.03. The minimum Gasteiger partial charge on any atom is -0.364 e. The number of hydrogen-bond donors (Lipinski definition) is 2. The van der Waals surface area contributed by atoms with Gasteiger partial charge in [0.15, 0.2) is 0 Å². The summed E-state index contributed by atoms with van der Waals surface area (Å²) in [5, 5.41) is 2.77. The Hall–Kier alpha value is -1.17. The molecule has 0 saturated carbocycles. The van der Waals surface area contributed by atoms with Crippen molar-refractivity contribution in [1.82, 2.24) is 0 Å². The van der Waals surface area contributed by atoms with E-state index in [1.54, 1.807) is 0 Å². The van der Waals surface area contributed by atoms with E-state index in [9.17, 15) is 9.18 Å². The zero-order valence-corrected chi connectivity index (χ0v) is 10.4. The lowest BCUT2D eigenvalue weighted by Gasteiger charge is -2.13. The summed E-state index contributed by atoms with van der Waals surface area (Å²) in [6, 6.07) is 4.08. The highest BCUT2D eigenvalue weighted by molar-refractivity contribution is 6.30. The molecule has 6 heteroatoms. The maximum Gasteiger partial charge on any atom is 0.253 e. The number of nitrogens with one attached hydrogen (secondary N) is 1. The number of hydrogen-bond acceptors (Lipinski definition) is 3. The van der Waals surface area contributed by atoms with Crippen molar-refractivity contribution in [2.24, 2.45) is 5.73 Å². The molecule has 1 aromatic rings. The molecule has 2 unspecified atom stereocenters. The topological polar surface area (TPSA) is 64.4 Å². The maximum absolute atomic E-state index is 13.5. The van der Waals surface area contributed by atoms with E-state index >= 15 is 0 Å². The Kier molecular flexibility index (Phi) is 4.16. The molecule has 1 fully saturated rings. The second-order valence-electron chi connectivity index (χ2n) is 4.17. The molecule has 0 spiro atoms. The van der Waals surface area contributed by atoms with Crippen LogP contribution in [-0.2, 0) is 9.53 Å². The SMILES string of the molecule is NCC1CCC(C(=O)Nc2ccc(Cl)cc2F)O1. The van der Waals surface area contributed by atoms with Gasteiger partial charge < -0.3 is 15.8 Å². The minimum absolute atomic E-state index is 0.0872. The lowest BCUT2D eigenvalue weighted by Crippen LogP contribution is -2.30. The predicted molar refractivity (Wildman–Crippen MR) is 67.0 cm³/mol. The van der Waals surface area contributed by atoms with Crippen LogP contribution in [0.5, 0.6) is 0 Å². The maximum atomic E-state index is 13.5. The van der Waals surface area contributed by atoms with Gasteiger partial charge in [-0.05, 0) is 31.0 Å². The number of ether oxygens (including phenoxy) is 1. The van der Waals surface area contributed by atoms with E-state index in [-0.39, 0.29) is 22.7 Å². The van der Waals surface area contributed by atoms with Crippen LogP contribution < -0.4 is 11.1 Å². The lowest BCUT2D eigenvalue weighted by atomic mass is 10.2. The molecule has 1 heterocycles. The Balaban J connectivity index is 1.99. The molecule has 4 nitrogen and oxygen atoms in total. The van der Waals surface area contributed by atoms with Gasteiger partial charge in [-0.3, -0.25) is 4.79 Å². The van der Waals surface area contributed by atoms with Crippen molar-refractivity contribution < 1.29 is 13.9 Å². The highest BCUT2D eigenvalue weighted by Crippen LogP contribution is 2.22. The first-order chi connectivity index (χ1) is 8.60. The number of rotatable bonds is 3. The second-order valence-corrected chi connectivity index (χ2v) is 4.61. The number of carbonyl (C=O) groups is 1. The van der Waals surface area contributed by atoms with Gasteiger partial charge in [-0.1, -0.05) is 11.6 Å². The third kappa shape index (κ3) is 2.98. The standard InChI is InChI=1S/C12H14ClFN2O2/c13-7-1-3-10(9(14)5-7)16-12(17)11-4-2-8(6-15)18-11/h1,3,5,8,11H,2,4,6,15H2,(H,16,17). The zero-order valence-electron chi connectivity index (χ0n) is 9.66. The van der Waals surface area contributed by atoms with Gasteiger partial charge in [0.1, 0.15) is 11.9 Å². The average molecular weight is 273 g/mol. The number of halogens is 2. The normalized spacial score (nSPS) is 23.1. The monoisotopic (exact) mass is 272 g/mol. The van der Waals surface area contributed by atoms with E-state index in [4.69, 9.17) is 22.1 Å². The number of amides is 1. The molecule has 0 radical (unpaired) electrons. The largest absolute Gasteiger partial charge is 0.364 e. The van der Waals surface area contributed by atoms with Crippen LogP contribution in [-0.4, -0.2) is 24.7 Å². The van der Waals surface area contributed by atoms with Crippen molar-refractivity contribution in [2.75, 3.05) is 11.9 Å². The van der Waals surface area contributed by atoms with Crippen molar-refractivity contribution in [3.63, 3.8) is 0 Å². The molecule has 2 rings (SSSR count). The zero-order chi connectivity index (χ0) is 13.1. The van der Waals surface area contributed by atoms with Crippen LogP contribution in [0.25, 0.3) is 0 Å². The van der Waals surface area contributed by atoms with Crippen LogP contribution in [0, 0.1) is 5.82 Å². The molecule has 0 aliphatic carbocycles. The Bertz CT molecular complexity index is 456. The van der Waals surface area contributed by atoms with E-state index in [2.05, 4.69) is 5.32 Å². The fraction of sp³-hybridized carbons (Fsp3) is 0.417. The quantitative estimate of drug-likeness (QED) is 0.884. The van der Waals surface area contributed by atoms with Crippen molar-refractivity contribution in [2.45, 2.75) is 25.0 Å². The molecule has 3 N–H and O–H groups in total. The van der Waals surface area contributed by atoms with Crippen molar-refractivity contribution >= 4 is 23.2 Å². The van der Waals surface area contributed by atoms with Gasteiger partial charge in [-0.2, -0.15) is 0 Å². The number of nitrogens with two attached hydrogens (primary N) is 1. The molecular formula is C12H14ClFN2O2. The summed E-state index contributed by atoms with van der Waals surface area (Å²) in [6.45, 7) is 0.388. The Morgan fingerprint density at radius 2 is 2.33 bits per heavy atom. The molecule has 1 saturated heterocycles. The summed E-state index contributed by atoms with van der Waals surface area (Å²) < 4.78 is 18.9. The number of benzene rings is 1. The number of carbonyl (C=O) groups excluding carboxylic acids is 1. The van der Waals surface area contributed by atoms with Gasteiger partial charge in [-0.15, -0.1) is 0 Å². The van der Waals surface area contributed by atoms with Gasteiger partial charge in [0, 0.05) is 11.6 Å². The highest BCUT2D eigenvalue weighted by Gasteiger charge is 2.30. The first-order valence-electron chi connectivity index (χ1n) is 5.71. The van der Waals surface area contributed by atoms with Crippen molar-refractivity contribution in [1.29, 1.82) is 0 Å². The van der Waals surface area contributed by atoms with Crippen molar-refractivity contribution in [3.8, 4) is 0 Å². The van der Waals surface area contributed by atoms with E-state index in [1.165, 1.54) is 12.1 Å². The molecule has 1 aliphatic heterocycles. The lowest BCUT2D eigenvalue weighted by molar-refractivity contribution is -0.126. The predicted octanol–water partition coefficient (Wildman–Crippen LogP) is 1.92. The van der Waals surface area contributed by atoms with Crippen LogP contribution in [0.4, 0.5) is 10.1 Å². The first-order valence-corrected chi connectivity index (χ1v) is 6.09. The molecule has 0 bridgehead atoms. The summed E-state index contributed by atoms with van der Waals surface area (Å²) in [5.74, 6) is -0.920. The van der Waals surface area contributed by atoms with Gasteiger partial charge in [0.05, 0.1) is 11.8 Å². The van der Waals surface area contributed by atoms with Crippen LogP contribution >= 0.6 is 11.6 Å². The van der Waals surface area contributed by atoms with E-state index in [1.807, 2.05) is 0 Å². The van der Waals surface area contributed by atoms with Crippen LogP contribution in [0.3, 0.4) is 0 Å². The van der Waals surface area contributed by atoms with Crippen LogP contribution in [0.1, 0.15) is 12.8 Å². The molecular weight excluding hydrogens is 259 g/mol. The minimum atomic E-state index is -0.566. The Labute approximate surface area is 109 Å². The molecule has 0 aromatic heterocycles. The Morgan fingerprint density at radius 1 is 1.56 bits per heavy atom. The van der Waals surface area contributed by atoms with Gasteiger partial charge in [0.25, 0.3) is 5.91 Å². The van der Waals surface area contributed by atoms with Crippen LogP contribution in [0.15, 0.2) is 18.2 Å². The summed E-state index contributed by atoms with van der Waals surface area (Å²) in [6.07, 6.45) is 0.699. The molecule has 2 atom stereocenters.